The zero-order chi connectivity index (χ0) is 15.6. The van der Waals surface area contributed by atoms with Crippen molar-refractivity contribution in [2.75, 3.05) is 0 Å². The molecule has 0 amide bonds. The molecule has 4 nitrogen and oxygen atoms in total. The average Bonchev–Trinajstić information content (AvgIpc) is 2.35. The minimum atomic E-state index is 0.0700. The molecular weight excluding hydrogens is 332 g/mol. The van der Waals surface area contributed by atoms with Gasteiger partial charge in [0.05, 0.1) is 11.7 Å². The van der Waals surface area contributed by atoms with Crippen LogP contribution in [0.5, 0.6) is 5.75 Å². The van der Waals surface area contributed by atoms with Gasteiger partial charge in [0.15, 0.2) is 5.84 Å². The van der Waals surface area contributed by atoms with Gasteiger partial charge in [-0.15, -0.1) is 0 Å². The third-order valence-corrected chi connectivity index (χ3v) is 4.46. The first-order chi connectivity index (χ1) is 9.80. The van der Waals surface area contributed by atoms with Crippen molar-refractivity contribution in [2.45, 2.75) is 46.1 Å². The van der Waals surface area contributed by atoms with Crippen LogP contribution in [0, 0.1) is 11.3 Å². The molecule has 2 rings (SSSR count). The number of hydrogen-bond acceptors (Lipinski definition) is 3. The summed E-state index contributed by atoms with van der Waals surface area (Å²) >= 11 is 3.44. The molecule has 0 bridgehead atoms. The van der Waals surface area contributed by atoms with Crippen LogP contribution in [0.1, 0.15) is 45.6 Å². The summed E-state index contributed by atoms with van der Waals surface area (Å²) in [6, 6.07) is 5.53. The molecule has 116 valence electrons. The lowest BCUT2D eigenvalue weighted by Gasteiger charge is -2.39. The molecule has 2 unspecified atom stereocenters. The average molecular weight is 355 g/mol. The Kier molecular flexibility index (Phi) is 4.81. The van der Waals surface area contributed by atoms with Crippen LogP contribution < -0.4 is 10.5 Å². The molecule has 0 radical (unpaired) electrons. The van der Waals surface area contributed by atoms with E-state index in [1.807, 2.05) is 12.1 Å². The smallest absolute Gasteiger partial charge is 0.173 e. The van der Waals surface area contributed by atoms with Crippen molar-refractivity contribution in [3.63, 3.8) is 0 Å². The van der Waals surface area contributed by atoms with Gasteiger partial charge in [0.2, 0.25) is 0 Å². The number of nitrogens with two attached hydrogens (primary N) is 1. The molecule has 1 aromatic rings. The van der Waals surface area contributed by atoms with Gasteiger partial charge in [-0.05, 0) is 48.8 Å². The Morgan fingerprint density at radius 1 is 1.43 bits per heavy atom. The molecule has 0 aromatic heterocycles. The van der Waals surface area contributed by atoms with Crippen molar-refractivity contribution in [1.29, 1.82) is 0 Å². The van der Waals surface area contributed by atoms with E-state index in [1.54, 1.807) is 6.07 Å². The number of nitrogens with zero attached hydrogens (tertiary/aromatic N) is 1. The fourth-order valence-corrected chi connectivity index (χ4v) is 3.73. The lowest BCUT2D eigenvalue weighted by Crippen LogP contribution is -2.34. The van der Waals surface area contributed by atoms with E-state index >= 15 is 0 Å². The molecule has 2 atom stereocenters. The van der Waals surface area contributed by atoms with E-state index in [9.17, 15) is 0 Å². The zero-order valence-electron chi connectivity index (χ0n) is 12.8. The van der Waals surface area contributed by atoms with E-state index in [-0.39, 0.29) is 17.4 Å². The molecule has 0 saturated heterocycles. The number of benzene rings is 1. The summed E-state index contributed by atoms with van der Waals surface area (Å²) in [6.45, 7) is 6.83. The zero-order valence-corrected chi connectivity index (χ0v) is 14.4. The van der Waals surface area contributed by atoms with Crippen molar-refractivity contribution in [3.8, 4) is 5.75 Å². The number of rotatable bonds is 3. The fraction of sp³-hybridized carbons (Fsp3) is 0.562. The van der Waals surface area contributed by atoms with Crippen LogP contribution in [0.2, 0.25) is 0 Å². The highest BCUT2D eigenvalue weighted by molar-refractivity contribution is 9.10. The molecule has 1 saturated carbocycles. The van der Waals surface area contributed by atoms with E-state index in [1.165, 1.54) is 6.42 Å². The molecule has 5 heteroatoms. The SMILES string of the molecule is CC1CC(Oc2cc(Br)ccc2/C(N)=N/O)CC(C)(C)C1. The Labute approximate surface area is 134 Å². The standard InChI is InChI=1S/C16H23BrN2O2/c1-10-6-12(9-16(2,3)8-10)21-14-7-11(17)4-5-13(14)15(18)19-20/h4-5,7,10,12,20H,6,8-9H2,1-3H3,(H2,18,19). The summed E-state index contributed by atoms with van der Waals surface area (Å²) in [4.78, 5) is 0. The number of halogens is 1. The fourth-order valence-electron chi connectivity index (χ4n) is 3.39. The summed E-state index contributed by atoms with van der Waals surface area (Å²) in [5.41, 5.74) is 6.64. The van der Waals surface area contributed by atoms with Gasteiger partial charge in [-0.3, -0.25) is 0 Å². The summed E-state index contributed by atoms with van der Waals surface area (Å²) in [7, 11) is 0. The van der Waals surface area contributed by atoms with Crippen molar-refractivity contribution in [2.24, 2.45) is 22.2 Å². The maximum Gasteiger partial charge on any atom is 0.173 e. The molecule has 3 N–H and O–H groups in total. The molecule has 1 aliphatic carbocycles. The van der Waals surface area contributed by atoms with Crippen molar-refractivity contribution < 1.29 is 9.94 Å². The quantitative estimate of drug-likeness (QED) is 0.371. The van der Waals surface area contributed by atoms with E-state index in [0.717, 1.165) is 17.3 Å². The van der Waals surface area contributed by atoms with Crippen LogP contribution in [0.15, 0.2) is 27.8 Å². The van der Waals surface area contributed by atoms with Crippen LogP contribution in [0.3, 0.4) is 0 Å². The van der Waals surface area contributed by atoms with Gasteiger partial charge in [0, 0.05) is 4.47 Å². The largest absolute Gasteiger partial charge is 0.490 e. The topological polar surface area (TPSA) is 67.8 Å². The number of amidine groups is 1. The van der Waals surface area contributed by atoms with Gasteiger partial charge < -0.3 is 15.7 Å². The minimum absolute atomic E-state index is 0.0700. The highest BCUT2D eigenvalue weighted by atomic mass is 79.9. The molecule has 1 aliphatic rings. The predicted molar refractivity (Wildman–Crippen MR) is 87.9 cm³/mol. The third kappa shape index (κ3) is 4.13. The minimum Gasteiger partial charge on any atom is -0.490 e. The molecule has 0 heterocycles. The maximum absolute atomic E-state index is 8.91. The molecule has 1 fully saturated rings. The van der Waals surface area contributed by atoms with Gasteiger partial charge in [-0.2, -0.15) is 0 Å². The van der Waals surface area contributed by atoms with Gasteiger partial charge in [-0.25, -0.2) is 0 Å². The van der Waals surface area contributed by atoms with E-state index in [2.05, 4.69) is 41.9 Å². The summed E-state index contributed by atoms with van der Waals surface area (Å²) in [6.07, 6.45) is 3.42. The summed E-state index contributed by atoms with van der Waals surface area (Å²) in [5, 5.41) is 12.0. The van der Waals surface area contributed by atoms with Crippen molar-refractivity contribution in [1.82, 2.24) is 0 Å². The second-order valence-electron chi connectivity index (χ2n) is 6.78. The molecule has 0 spiro atoms. The van der Waals surface area contributed by atoms with Gasteiger partial charge in [0.25, 0.3) is 0 Å². The van der Waals surface area contributed by atoms with Crippen molar-refractivity contribution in [3.05, 3.63) is 28.2 Å². The monoisotopic (exact) mass is 354 g/mol. The van der Waals surface area contributed by atoms with E-state index in [4.69, 9.17) is 15.7 Å². The molecule has 0 aliphatic heterocycles. The first kappa shape index (κ1) is 16.1. The predicted octanol–water partition coefficient (Wildman–Crippen LogP) is 4.14. The van der Waals surface area contributed by atoms with E-state index < -0.39 is 0 Å². The van der Waals surface area contributed by atoms with Gasteiger partial charge >= 0.3 is 0 Å². The lowest BCUT2D eigenvalue weighted by molar-refractivity contribution is 0.0561. The maximum atomic E-state index is 8.91. The molecular formula is C16H23BrN2O2. The van der Waals surface area contributed by atoms with Gasteiger partial charge in [-0.1, -0.05) is 41.9 Å². The highest BCUT2D eigenvalue weighted by Crippen LogP contribution is 2.40. The number of hydrogen-bond donors (Lipinski definition) is 2. The number of ether oxygens (including phenoxy) is 1. The Morgan fingerprint density at radius 3 is 2.76 bits per heavy atom. The molecule has 1 aromatic carbocycles. The van der Waals surface area contributed by atoms with E-state index in [0.29, 0.717) is 17.2 Å². The highest BCUT2D eigenvalue weighted by Gasteiger charge is 2.33. The van der Waals surface area contributed by atoms with Crippen LogP contribution in [0.4, 0.5) is 0 Å². The Bertz CT molecular complexity index is 543. The Balaban J connectivity index is 2.24. The Morgan fingerprint density at radius 2 is 2.14 bits per heavy atom. The summed E-state index contributed by atoms with van der Waals surface area (Å²) < 4.78 is 7.11. The Hall–Kier alpha value is -1.23. The van der Waals surface area contributed by atoms with Crippen LogP contribution >= 0.6 is 15.9 Å². The normalized spacial score (nSPS) is 25.6. The first-order valence-electron chi connectivity index (χ1n) is 7.25. The van der Waals surface area contributed by atoms with Crippen LogP contribution in [-0.2, 0) is 0 Å². The molecule has 21 heavy (non-hydrogen) atoms. The third-order valence-electron chi connectivity index (χ3n) is 3.97. The second kappa shape index (κ2) is 6.26. The first-order valence-corrected chi connectivity index (χ1v) is 8.04. The van der Waals surface area contributed by atoms with Crippen LogP contribution in [-0.4, -0.2) is 17.1 Å². The second-order valence-corrected chi connectivity index (χ2v) is 7.69. The summed E-state index contributed by atoms with van der Waals surface area (Å²) in [5.74, 6) is 1.37. The van der Waals surface area contributed by atoms with Crippen LogP contribution in [0.25, 0.3) is 0 Å². The van der Waals surface area contributed by atoms with Crippen molar-refractivity contribution >= 4 is 21.8 Å². The lowest BCUT2D eigenvalue weighted by atomic mass is 9.71. The number of oxime groups is 1. The van der Waals surface area contributed by atoms with Gasteiger partial charge in [0.1, 0.15) is 5.75 Å².